The molecule has 0 saturated carbocycles. The second kappa shape index (κ2) is 6.35. The largest absolute Gasteiger partial charge is 0.504 e. The molecular formula is C16H23NO4. The summed E-state index contributed by atoms with van der Waals surface area (Å²) in [6.45, 7) is 4.21. The number of aromatic hydroxyl groups is 1. The van der Waals surface area contributed by atoms with Crippen molar-refractivity contribution in [2.75, 3.05) is 20.2 Å². The Balaban J connectivity index is 1.97. The van der Waals surface area contributed by atoms with Crippen LogP contribution in [0.5, 0.6) is 11.5 Å². The molecule has 0 amide bonds. The molecule has 2 N–H and O–H groups in total. The molecule has 5 nitrogen and oxygen atoms in total. The predicted molar refractivity (Wildman–Crippen MR) is 79.5 cm³/mol. The summed E-state index contributed by atoms with van der Waals surface area (Å²) < 4.78 is 5.03. The van der Waals surface area contributed by atoms with Crippen LogP contribution < -0.4 is 4.74 Å². The number of hydrogen-bond acceptors (Lipinski definition) is 4. The lowest BCUT2D eigenvalue weighted by Gasteiger charge is -2.38. The summed E-state index contributed by atoms with van der Waals surface area (Å²) in [6.07, 6.45) is 2.04. The number of phenols is 1. The van der Waals surface area contributed by atoms with Gasteiger partial charge in [0.2, 0.25) is 0 Å². The van der Waals surface area contributed by atoms with Gasteiger partial charge < -0.3 is 14.9 Å². The molecule has 1 aromatic rings. The summed E-state index contributed by atoms with van der Waals surface area (Å²) in [4.78, 5) is 13.7. The molecule has 5 heteroatoms. The molecule has 1 aliphatic heterocycles. The molecule has 0 spiro atoms. The molecule has 21 heavy (non-hydrogen) atoms. The highest BCUT2D eigenvalue weighted by molar-refractivity contribution is 5.74. The van der Waals surface area contributed by atoms with Crippen molar-refractivity contribution in [3.63, 3.8) is 0 Å². The van der Waals surface area contributed by atoms with Gasteiger partial charge in [-0.1, -0.05) is 13.0 Å². The Morgan fingerprint density at radius 1 is 1.38 bits per heavy atom. The molecule has 1 heterocycles. The van der Waals surface area contributed by atoms with Crippen LogP contribution in [0.1, 0.15) is 31.7 Å². The van der Waals surface area contributed by atoms with E-state index in [2.05, 4.69) is 4.90 Å². The minimum atomic E-state index is -0.674. The van der Waals surface area contributed by atoms with Gasteiger partial charge in [0, 0.05) is 6.54 Å². The maximum atomic E-state index is 11.4. The van der Waals surface area contributed by atoms with Crippen LogP contribution in [0.15, 0.2) is 18.2 Å². The molecule has 1 saturated heterocycles. The standard InChI is InChI=1S/C16H23NO4/c1-3-16(15(19)20)6-8-17(9-7-16)11-12-4-5-14(21-2)13(18)10-12/h4-5,10,18H,3,6-9,11H2,1-2H3,(H,19,20). The highest BCUT2D eigenvalue weighted by atomic mass is 16.5. The van der Waals surface area contributed by atoms with Gasteiger partial charge in [-0.2, -0.15) is 0 Å². The number of aliphatic carboxylic acids is 1. The number of carboxylic acid groups (broad SMARTS) is 1. The highest BCUT2D eigenvalue weighted by Crippen LogP contribution is 2.36. The normalized spacial score (nSPS) is 18.4. The number of nitrogens with zero attached hydrogens (tertiary/aromatic N) is 1. The van der Waals surface area contributed by atoms with Crippen molar-refractivity contribution in [2.24, 2.45) is 5.41 Å². The van der Waals surface area contributed by atoms with Gasteiger partial charge in [0.05, 0.1) is 12.5 Å². The van der Waals surface area contributed by atoms with Crippen molar-refractivity contribution in [3.8, 4) is 11.5 Å². The first-order valence-corrected chi connectivity index (χ1v) is 7.32. The van der Waals surface area contributed by atoms with E-state index >= 15 is 0 Å². The lowest BCUT2D eigenvalue weighted by Crippen LogP contribution is -2.43. The van der Waals surface area contributed by atoms with E-state index in [1.807, 2.05) is 13.0 Å². The minimum Gasteiger partial charge on any atom is -0.504 e. The van der Waals surface area contributed by atoms with E-state index in [1.165, 1.54) is 7.11 Å². The number of hydrogen-bond donors (Lipinski definition) is 2. The number of piperidine rings is 1. The number of benzene rings is 1. The lowest BCUT2D eigenvalue weighted by molar-refractivity contribution is -0.152. The highest BCUT2D eigenvalue weighted by Gasteiger charge is 2.39. The van der Waals surface area contributed by atoms with Gasteiger partial charge in [-0.15, -0.1) is 0 Å². The molecule has 2 rings (SSSR count). The van der Waals surface area contributed by atoms with Crippen LogP contribution in [0, 0.1) is 5.41 Å². The maximum absolute atomic E-state index is 11.4. The van der Waals surface area contributed by atoms with Crippen molar-refractivity contribution < 1.29 is 19.7 Å². The molecule has 1 fully saturated rings. The van der Waals surface area contributed by atoms with E-state index in [9.17, 15) is 15.0 Å². The number of likely N-dealkylation sites (tertiary alicyclic amines) is 1. The van der Waals surface area contributed by atoms with Crippen LogP contribution in [-0.4, -0.2) is 41.3 Å². The third-order valence-corrected chi connectivity index (χ3v) is 4.59. The van der Waals surface area contributed by atoms with Crippen molar-refractivity contribution in [2.45, 2.75) is 32.7 Å². The van der Waals surface area contributed by atoms with Crippen LogP contribution in [0.2, 0.25) is 0 Å². The SMILES string of the molecule is CCC1(C(=O)O)CCN(Cc2ccc(OC)c(O)c2)CC1. The molecule has 0 bridgehead atoms. The molecule has 0 radical (unpaired) electrons. The average molecular weight is 293 g/mol. The van der Waals surface area contributed by atoms with Gasteiger partial charge in [-0.3, -0.25) is 9.69 Å². The number of ether oxygens (including phenoxy) is 1. The average Bonchev–Trinajstić information content (AvgIpc) is 2.48. The smallest absolute Gasteiger partial charge is 0.309 e. The summed E-state index contributed by atoms with van der Waals surface area (Å²) in [5.74, 6) is -0.0690. The third-order valence-electron chi connectivity index (χ3n) is 4.59. The Bertz CT molecular complexity index is 507. The zero-order valence-electron chi connectivity index (χ0n) is 12.6. The molecule has 0 atom stereocenters. The van der Waals surface area contributed by atoms with Crippen molar-refractivity contribution in [3.05, 3.63) is 23.8 Å². The first kappa shape index (κ1) is 15.6. The summed E-state index contributed by atoms with van der Waals surface area (Å²) in [6, 6.07) is 5.39. The van der Waals surface area contributed by atoms with Gasteiger partial charge in [0.1, 0.15) is 0 Å². The fourth-order valence-corrected chi connectivity index (χ4v) is 2.95. The predicted octanol–water partition coefficient (Wildman–Crippen LogP) is 2.48. The van der Waals surface area contributed by atoms with Gasteiger partial charge in [-0.05, 0) is 50.0 Å². The van der Waals surface area contributed by atoms with Crippen molar-refractivity contribution in [1.82, 2.24) is 4.90 Å². The lowest BCUT2D eigenvalue weighted by atomic mass is 9.76. The number of methoxy groups -OCH3 is 1. The van der Waals surface area contributed by atoms with Crippen LogP contribution in [-0.2, 0) is 11.3 Å². The maximum Gasteiger partial charge on any atom is 0.309 e. The summed E-state index contributed by atoms with van der Waals surface area (Å²) in [5.41, 5.74) is 0.450. The van der Waals surface area contributed by atoms with E-state index in [0.717, 1.165) is 25.2 Å². The monoisotopic (exact) mass is 293 g/mol. The van der Waals surface area contributed by atoms with E-state index in [1.54, 1.807) is 12.1 Å². The van der Waals surface area contributed by atoms with E-state index in [0.29, 0.717) is 25.0 Å². The molecule has 1 aromatic carbocycles. The Morgan fingerprint density at radius 2 is 2.05 bits per heavy atom. The third kappa shape index (κ3) is 3.29. The second-order valence-electron chi connectivity index (χ2n) is 5.72. The Labute approximate surface area is 125 Å². The molecule has 116 valence electrons. The van der Waals surface area contributed by atoms with E-state index < -0.39 is 11.4 Å². The molecule has 0 aliphatic carbocycles. The molecule has 1 aliphatic rings. The van der Waals surface area contributed by atoms with Crippen LogP contribution in [0.3, 0.4) is 0 Å². The number of carboxylic acids is 1. The minimum absolute atomic E-state index is 0.139. The zero-order valence-corrected chi connectivity index (χ0v) is 12.6. The Morgan fingerprint density at radius 3 is 2.52 bits per heavy atom. The number of rotatable bonds is 5. The topological polar surface area (TPSA) is 70.0 Å². The van der Waals surface area contributed by atoms with Gasteiger partial charge >= 0.3 is 5.97 Å². The second-order valence-corrected chi connectivity index (χ2v) is 5.72. The fraction of sp³-hybridized carbons (Fsp3) is 0.562. The first-order valence-electron chi connectivity index (χ1n) is 7.32. The summed E-state index contributed by atoms with van der Waals surface area (Å²) in [7, 11) is 1.52. The van der Waals surface area contributed by atoms with E-state index in [-0.39, 0.29) is 5.75 Å². The summed E-state index contributed by atoms with van der Waals surface area (Å²) >= 11 is 0. The Hall–Kier alpha value is -1.75. The zero-order chi connectivity index (χ0) is 15.5. The van der Waals surface area contributed by atoms with Crippen LogP contribution in [0.25, 0.3) is 0 Å². The quantitative estimate of drug-likeness (QED) is 0.873. The molecular weight excluding hydrogens is 270 g/mol. The van der Waals surface area contributed by atoms with Crippen molar-refractivity contribution in [1.29, 1.82) is 0 Å². The molecule has 0 aromatic heterocycles. The van der Waals surface area contributed by atoms with Crippen LogP contribution in [0.4, 0.5) is 0 Å². The molecule has 0 unspecified atom stereocenters. The summed E-state index contributed by atoms with van der Waals surface area (Å²) in [5, 5.41) is 19.2. The van der Waals surface area contributed by atoms with Gasteiger partial charge in [-0.25, -0.2) is 0 Å². The number of carbonyl (C=O) groups is 1. The number of phenolic OH excluding ortho intramolecular Hbond substituents is 1. The van der Waals surface area contributed by atoms with Gasteiger partial charge in [0.15, 0.2) is 11.5 Å². The van der Waals surface area contributed by atoms with Gasteiger partial charge in [0.25, 0.3) is 0 Å². The van der Waals surface area contributed by atoms with Crippen LogP contribution >= 0.6 is 0 Å². The van der Waals surface area contributed by atoms with E-state index in [4.69, 9.17) is 4.74 Å². The van der Waals surface area contributed by atoms with Crippen molar-refractivity contribution >= 4 is 5.97 Å². The Kier molecular flexibility index (Phi) is 4.73. The first-order chi connectivity index (χ1) is 10.0. The fourth-order valence-electron chi connectivity index (χ4n) is 2.95.